The van der Waals surface area contributed by atoms with Gasteiger partial charge in [0.2, 0.25) is 11.8 Å². The van der Waals surface area contributed by atoms with E-state index in [1.165, 1.54) is 18.2 Å². The van der Waals surface area contributed by atoms with Crippen LogP contribution in [-0.2, 0) is 20.8 Å². The molecule has 0 aliphatic carbocycles. The minimum Gasteiger partial charge on any atom is -0.480 e. The van der Waals surface area contributed by atoms with Crippen molar-refractivity contribution >= 4 is 17.8 Å². The molecule has 1 aliphatic rings. The van der Waals surface area contributed by atoms with Crippen LogP contribution >= 0.6 is 0 Å². The molecule has 6 nitrogen and oxygen atoms in total. The van der Waals surface area contributed by atoms with E-state index in [-0.39, 0.29) is 24.3 Å². The summed E-state index contributed by atoms with van der Waals surface area (Å²) in [6, 6.07) is 3.83. The summed E-state index contributed by atoms with van der Waals surface area (Å²) in [5.74, 6) is -2.58. The van der Waals surface area contributed by atoms with Gasteiger partial charge in [0.05, 0.1) is 0 Å². The number of amides is 2. The Morgan fingerprint density at radius 2 is 2.14 bits per heavy atom. The Bertz CT molecular complexity index is 576. The van der Waals surface area contributed by atoms with Crippen molar-refractivity contribution in [3.63, 3.8) is 0 Å². The van der Waals surface area contributed by atoms with Gasteiger partial charge in [0.25, 0.3) is 0 Å². The van der Waals surface area contributed by atoms with E-state index >= 15 is 0 Å². The van der Waals surface area contributed by atoms with Gasteiger partial charge in [-0.2, -0.15) is 0 Å². The molecule has 1 aliphatic heterocycles. The van der Waals surface area contributed by atoms with Crippen molar-refractivity contribution in [1.29, 1.82) is 0 Å². The minimum absolute atomic E-state index is 0.158. The molecule has 2 amide bonds. The molecule has 21 heavy (non-hydrogen) atoms. The summed E-state index contributed by atoms with van der Waals surface area (Å²) in [5.41, 5.74) is 0.209. The number of hydrogen-bond donors (Lipinski definition) is 3. The van der Waals surface area contributed by atoms with E-state index in [0.29, 0.717) is 6.42 Å². The number of carboxylic acids is 1. The molecule has 1 saturated heterocycles. The highest BCUT2D eigenvalue weighted by atomic mass is 19.1. The van der Waals surface area contributed by atoms with Gasteiger partial charge in [-0.05, 0) is 18.1 Å². The molecule has 1 aromatic carbocycles. The number of benzene rings is 1. The van der Waals surface area contributed by atoms with E-state index in [1.54, 1.807) is 6.07 Å². The zero-order valence-corrected chi connectivity index (χ0v) is 11.1. The molecular weight excluding hydrogens is 279 g/mol. The Labute approximate surface area is 120 Å². The third-order valence-corrected chi connectivity index (χ3v) is 3.31. The van der Waals surface area contributed by atoms with E-state index in [4.69, 9.17) is 5.11 Å². The SMILES string of the molecule is O=C1CC[C@@H](C(=O)N[C@@H](Cc2ccccc2F)C(=O)O)N1. The van der Waals surface area contributed by atoms with Gasteiger partial charge in [-0.3, -0.25) is 9.59 Å². The number of carboxylic acid groups (broad SMARTS) is 1. The molecule has 7 heteroatoms. The van der Waals surface area contributed by atoms with Crippen molar-refractivity contribution in [1.82, 2.24) is 10.6 Å². The molecule has 1 aromatic rings. The summed E-state index contributed by atoms with van der Waals surface area (Å²) >= 11 is 0. The maximum absolute atomic E-state index is 13.5. The summed E-state index contributed by atoms with van der Waals surface area (Å²) in [5, 5.41) is 13.9. The Balaban J connectivity index is 2.03. The van der Waals surface area contributed by atoms with Gasteiger partial charge < -0.3 is 15.7 Å². The van der Waals surface area contributed by atoms with Crippen molar-refractivity contribution in [3.8, 4) is 0 Å². The summed E-state index contributed by atoms with van der Waals surface area (Å²) < 4.78 is 13.5. The third-order valence-electron chi connectivity index (χ3n) is 3.31. The summed E-state index contributed by atoms with van der Waals surface area (Å²) in [4.78, 5) is 34.2. The van der Waals surface area contributed by atoms with E-state index in [9.17, 15) is 18.8 Å². The Morgan fingerprint density at radius 1 is 1.43 bits per heavy atom. The van der Waals surface area contributed by atoms with Crippen LogP contribution in [0.15, 0.2) is 24.3 Å². The molecule has 3 N–H and O–H groups in total. The molecule has 2 rings (SSSR count). The predicted octanol–water partition coefficient (Wildman–Crippen LogP) is 0.216. The van der Waals surface area contributed by atoms with Crippen LogP contribution in [0, 0.1) is 5.82 Å². The van der Waals surface area contributed by atoms with Gasteiger partial charge in [0.1, 0.15) is 17.9 Å². The van der Waals surface area contributed by atoms with Gasteiger partial charge in [-0.1, -0.05) is 18.2 Å². The van der Waals surface area contributed by atoms with Gasteiger partial charge in [0, 0.05) is 12.8 Å². The Hall–Kier alpha value is -2.44. The lowest BCUT2D eigenvalue weighted by Crippen LogP contribution is -2.49. The van der Waals surface area contributed by atoms with E-state index in [1.807, 2.05) is 0 Å². The van der Waals surface area contributed by atoms with Crippen LogP contribution in [0.5, 0.6) is 0 Å². The van der Waals surface area contributed by atoms with E-state index < -0.39 is 29.8 Å². The second-order valence-electron chi connectivity index (χ2n) is 4.85. The van der Waals surface area contributed by atoms with Crippen molar-refractivity contribution in [3.05, 3.63) is 35.6 Å². The zero-order valence-electron chi connectivity index (χ0n) is 11.1. The molecule has 0 spiro atoms. The number of nitrogens with one attached hydrogen (secondary N) is 2. The monoisotopic (exact) mass is 294 g/mol. The first-order valence-electron chi connectivity index (χ1n) is 6.53. The molecule has 0 aromatic heterocycles. The van der Waals surface area contributed by atoms with Crippen molar-refractivity contribution in [2.24, 2.45) is 0 Å². The minimum atomic E-state index is -1.25. The lowest BCUT2D eigenvalue weighted by atomic mass is 10.0. The van der Waals surface area contributed by atoms with Crippen molar-refractivity contribution < 1.29 is 23.9 Å². The van der Waals surface area contributed by atoms with Crippen LogP contribution in [0.1, 0.15) is 18.4 Å². The first-order chi connectivity index (χ1) is 9.97. The summed E-state index contributed by atoms with van der Waals surface area (Å²) in [6.07, 6.45) is 0.411. The van der Waals surface area contributed by atoms with Gasteiger partial charge in [-0.15, -0.1) is 0 Å². The molecule has 2 atom stereocenters. The number of rotatable bonds is 5. The predicted molar refractivity (Wildman–Crippen MR) is 70.8 cm³/mol. The standard InChI is InChI=1S/C14H15FN2O4/c15-9-4-2-1-3-8(9)7-11(14(20)21)17-13(19)10-5-6-12(18)16-10/h1-4,10-11H,5-7H2,(H,16,18)(H,17,19)(H,20,21)/t10-,11-/m0/s1. The number of aliphatic carboxylic acids is 1. The first kappa shape index (κ1) is 15.0. The van der Waals surface area contributed by atoms with Crippen LogP contribution in [0.4, 0.5) is 4.39 Å². The maximum atomic E-state index is 13.5. The van der Waals surface area contributed by atoms with Crippen LogP contribution < -0.4 is 10.6 Å². The van der Waals surface area contributed by atoms with Crippen molar-refractivity contribution in [2.45, 2.75) is 31.3 Å². The van der Waals surface area contributed by atoms with Crippen LogP contribution in [-0.4, -0.2) is 35.0 Å². The highest BCUT2D eigenvalue weighted by Crippen LogP contribution is 2.11. The molecule has 0 radical (unpaired) electrons. The Morgan fingerprint density at radius 3 is 2.71 bits per heavy atom. The lowest BCUT2D eigenvalue weighted by Gasteiger charge is -2.17. The fourth-order valence-corrected chi connectivity index (χ4v) is 2.17. The van der Waals surface area contributed by atoms with Gasteiger partial charge in [0.15, 0.2) is 0 Å². The molecule has 0 unspecified atom stereocenters. The van der Waals surface area contributed by atoms with Gasteiger partial charge >= 0.3 is 5.97 Å². The van der Waals surface area contributed by atoms with Crippen LogP contribution in [0.25, 0.3) is 0 Å². The highest BCUT2D eigenvalue weighted by molar-refractivity contribution is 5.92. The topological polar surface area (TPSA) is 95.5 Å². The highest BCUT2D eigenvalue weighted by Gasteiger charge is 2.30. The summed E-state index contributed by atoms with van der Waals surface area (Å²) in [6.45, 7) is 0. The number of carbonyl (C=O) groups excluding carboxylic acids is 2. The zero-order chi connectivity index (χ0) is 15.4. The normalized spacial score (nSPS) is 18.9. The van der Waals surface area contributed by atoms with Crippen LogP contribution in [0.3, 0.4) is 0 Å². The fraction of sp³-hybridized carbons (Fsp3) is 0.357. The average Bonchev–Trinajstić information content (AvgIpc) is 2.87. The number of halogens is 1. The number of hydrogen-bond acceptors (Lipinski definition) is 3. The molecule has 0 bridgehead atoms. The van der Waals surface area contributed by atoms with Gasteiger partial charge in [-0.25, -0.2) is 9.18 Å². The molecular formula is C14H15FN2O4. The Kier molecular flexibility index (Phi) is 4.52. The smallest absolute Gasteiger partial charge is 0.326 e. The molecule has 112 valence electrons. The van der Waals surface area contributed by atoms with Crippen LogP contribution in [0.2, 0.25) is 0 Å². The lowest BCUT2D eigenvalue weighted by molar-refractivity contribution is -0.142. The second-order valence-corrected chi connectivity index (χ2v) is 4.85. The average molecular weight is 294 g/mol. The maximum Gasteiger partial charge on any atom is 0.326 e. The van der Waals surface area contributed by atoms with E-state index in [0.717, 1.165) is 0 Å². The summed E-state index contributed by atoms with van der Waals surface area (Å²) in [7, 11) is 0. The molecule has 0 saturated carbocycles. The molecule has 1 fully saturated rings. The second kappa shape index (κ2) is 6.34. The molecule has 1 heterocycles. The quantitative estimate of drug-likeness (QED) is 0.723. The largest absolute Gasteiger partial charge is 0.480 e. The first-order valence-corrected chi connectivity index (χ1v) is 6.53. The fourth-order valence-electron chi connectivity index (χ4n) is 2.17. The van der Waals surface area contributed by atoms with E-state index in [2.05, 4.69) is 10.6 Å². The third kappa shape index (κ3) is 3.77. The number of carbonyl (C=O) groups is 3. The van der Waals surface area contributed by atoms with Crippen molar-refractivity contribution in [2.75, 3.05) is 0 Å².